The van der Waals surface area contributed by atoms with Crippen molar-refractivity contribution in [3.8, 4) is 0 Å². The van der Waals surface area contributed by atoms with E-state index in [1.807, 2.05) is 0 Å². The van der Waals surface area contributed by atoms with Crippen LogP contribution in [0.5, 0.6) is 0 Å². The number of benzene rings is 1. The van der Waals surface area contributed by atoms with Gasteiger partial charge in [-0.15, -0.1) is 0 Å². The lowest BCUT2D eigenvalue weighted by Crippen LogP contribution is -2.45. The van der Waals surface area contributed by atoms with Gasteiger partial charge in [-0.2, -0.15) is 0 Å². The minimum atomic E-state index is 0.139. The summed E-state index contributed by atoms with van der Waals surface area (Å²) in [7, 11) is 0. The van der Waals surface area contributed by atoms with Crippen molar-refractivity contribution < 1.29 is 5.11 Å². The van der Waals surface area contributed by atoms with Gasteiger partial charge >= 0.3 is 0 Å². The van der Waals surface area contributed by atoms with Crippen LogP contribution in [-0.4, -0.2) is 52.3 Å². The Morgan fingerprint density at radius 3 is 2.81 bits per heavy atom. The number of rotatable bonds is 4. The molecule has 1 unspecified atom stereocenters. The van der Waals surface area contributed by atoms with Gasteiger partial charge in [0.25, 0.3) is 0 Å². The molecular weight excluding hydrogens is 264 g/mol. The Morgan fingerprint density at radius 1 is 1.33 bits per heavy atom. The first-order valence-corrected chi connectivity index (χ1v) is 7.73. The molecule has 5 nitrogen and oxygen atoms in total. The Kier molecular flexibility index (Phi) is 4.24. The summed E-state index contributed by atoms with van der Waals surface area (Å²) in [5, 5.41) is 12.8. The normalized spacial score (nSPS) is 18.2. The number of nitrogens with zero attached hydrogens (tertiary/aromatic N) is 3. The van der Waals surface area contributed by atoms with Crippen LogP contribution in [0.25, 0.3) is 11.0 Å². The third-order valence-corrected chi connectivity index (χ3v) is 4.33. The van der Waals surface area contributed by atoms with Crippen LogP contribution >= 0.6 is 0 Å². The Bertz CT molecular complexity index is 616. The maximum atomic E-state index is 9.40. The highest BCUT2D eigenvalue weighted by atomic mass is 16.3. The number of nitrogens with one attached hydrogen (secondary N) is 1. The molecule has 2 N–H and O–H groups in total. The van der Waals surface area contributed by atoms with Crippen molar-refractivity contribution in [3.63, 3.8) is 0 Å². The minimum Gasteiger partial charge on any atom is -0.395 e. The highest BCUT2D eigenvalue weighted by Crippen LogP contribution is 2.25. The first-order chi connectivity index (χ1) is 10.2. The van der Waals surface area contributed by atoms with Crippen LogP contribution in [0.4, 0.5) is 0 Å². The van der Waals surface area contributed by atoms with Gasteiger partial charge in [-0.1, -0.05) is 6.07 Å². The van der Waals surface area contributed by atoms with Crippen molar-refractivity contribution in [1.82, 2.24) is 19.8 Å². The maximum absolute atomic E-state index is 9.40. The van der Waals surface area contributed by atoms with Gasteiger partial charge in [-0.05, 0) is 31.5 Å². The van der Waals surface area contributed by atoms with E-state index in [-0.39, 0.29) is 12.6 Å². The van der Waals surface area contributed by atoms with Crippen molar-refractivity contribution in [2.75, 3.05) is 32.8 Å². The lowest BCUT2D eigenvalue weighted by atomic mass is 10.2. The van der Waals surface area contributed by atoms with E-state index >= 15 is 0 Å². The predicted octanol–water partition coefficient (Wildman–Crippen LogP) is 1.30. The molecule has 0 radical (unpaired) electrons. The van der Waals surface area contributed by atoms with Crippen LogP contribution < -0.4 is 5.32 Å². The number of aromatic nitrogens is 2. The van der Waals surface area contributed by atoms with E-state index in [9.17, 15) is 5.11 Å². The molecule has 1 saturated heterocycles. The topological polar surface area (TPSA) is 53.3 Å². The van der Waals surface area contributed by atoms with Gasteiger partial charge in [0, 0.05) is 32.7 Å². The van der Waals surface area contributed by atoms with E-state index in [1.54, 1.807) is 0 Å². The average Bonchev–Trinajstić information content (AvgIpc) is 2.85. The van der Waals surface area contributed by atoms with Gasteiger partial charge in [0.2, 0.25) is 0 Å². The number of aryl methyl sites for hydroxylation is 1. The zero-order valence-electron chi connectivity index (χ0n) is 12.8. The average molecular weight is 288 g/mol. The van der Waals surface area contributed by atoms with E-state index in [1.165, 1.54) is 5.56 Å². The molecule has 0 spiro atoms. The molecule has 1 aliphatic heterocycles. The van der Waals surface area contributed by atoms with E-state index in [2.05, 4.69) is 46.8 Å². The van der Waals surface area contributed by atoms with Crippen LogP contribution in [0.15, 0.2) is 18.2 Å². The van der Waals surface area contributed by atoms with Crippen LogP contribution in [0.2, 0.25) is 0 Å². The second-order valence-corrected chi connectivity index (χ2v) is 5.80. The molecule has 1 aromatic carbocycles. The molecule has 1 atom stereocenters. The number of hydrogen-bond acceptors (Lipinski definition) is 4. The second-order valence-electron chi connectivity index (χ2n) is 5.80. The zero-order valence-corrected chi connectivity index (χ0v) is 12.8. The zero-order chi connectivity index (χ0) is 14.8. The molecule has 5 heteroatoms. The molecular formula is C16H24N4O. The molecule has 0 amide bonds. The molecule has 1 aliphatic rings. The molecule has 1 fully saturated rings. The number of aliphatic hydroxyl groups excluding tert-OH is 1. The fraction of sp³-hybridized carbons (Fsp3) is 0.562. The first-order valence-electron chi connectivity index (χ1n) is 7.73. The summed E-state index contributed by atoms with van der Waals surface area (Å²) in [4.78, 5) is 7.31. The summed E-state index contributed by atoms with van der Waals surface area (Å²) in [6, 6.07) is 6.61. The summed E-state index contributed by atoms with van der Waals surface area (Å²) in [5.74, 6) is 1.06. The number of hydrogen-bond donors (Lipinski definition) is 2. The molecule has 0 bridgehead atoms. The second kappa shape index (κ2) is 6.13. The third-order valence-electron chi connectivity index (χ3n) is 4.33. The van der Waals surface area contributed by atoms with Crippen LogP contribution in [-0.2, 0) is 6.54 Å². The standard InChI is InChI=1S/C16H24N4O/c1-12-3-4-15-14(11-12)18-16(20(15)9-10-21)13(2)19-7-5-17-6-8-19/h3-4,11,13,17,21H,5-10H2,1-2H3. The summed E-state index contributed by atoms with van der Waals surface area (Å²) in [6.07, 6.45) is 0. The maximum Gasteiger partial charge on any atom is 0.127 e. The molecule has 114 valence electrons. The third kappa shape index (κ3) is 2.81. The van der Waals surface area contributed by atoms with Gasteiger partial charge in [0.1, 0.15) is 5.82 Å². The van der Waals surface area contributed by atoms with Gasteiger partial charge in [0.05, 0.1) is 23.7 Å². The Balaban J connectivity index is 2.01. The van der Waals surface area contributed by atoms with Crippen molar-refractivity contribution >= 4 is 11.0 Å². The molecule has 2 aromatic rings. The predicted molar refractivity (Wildman–Crippen MR) is 84.4 cm³/mol. The molecule has 21 heavy (non-hydrogen) atoms. The fourth-order valence-electron chi connectivity index (χ4n) is 3.15. The monoisotopic (exact) mass is 288 g/mol. The Morgan fingerprint density at radius 2 is 2.10 bits per heavy atom. The van der Waals surface area contributed by atoms with Crippen molar-refractivity contribution in [2.24, 2.45) is 0 Å². The Labute approximate surface area is 125 Å². The Hall–Kier alpha value is -1.43. The quantitative estimate of drug-likeness (QED) is 0.890. The van der Waals surface area contributed by atoms with Crippen LogP contribution in [0.3, 0.4) is 0 Å². The largest absolute Gasteiger partial charge is 0.395 e. The van der Waals surface area contributed by atoms with Crippen molar-refractivity contribution in [3.05, 3.63) is 29.6 Å². The molecule has 1 aromatic heterocycles. The van der Waals surface area contributed by atoms with Gasteiger partial charge in [-0.25, -0.2) is 4.98 Å². The van der Waals surface area contributed by atoms with E-state index < -0.39 is 0 Å². The summed E-state index contributed by atoms with van der Waals surface area (Å²) < 4.78 is 2.17. The number of aliphatic hydroxyl groups is 1. The number of piperazine rings is 1. The van der Waals surface area contributed by atoms with Crippen molar-refractivity contribution in [1.29, 1.82) is 0 Å². The lowest BCUT2D eigenvalue weighted by molar-refractivity contribution is 0.174. The van der Waals surface area contributed by atoms with E-state index in [0.29, 0.717) is 6.54 Å². The highest BCUT2D eigenvalue weighted by molar-refractivity contribution is 5.77. The van der Waals surface area contributed by atoms with Gasteiger partial charge < -0.3 is 15.0 Å². The van der Waals surface area contributed by atoms with Crippen molar-refractivity contribution in [2.45, 2.75) is 26.4 Å². The summed E-state index contributed by atoms with van der Waals surface area (Å²) in [6.45, 7) is 9.20. The van der Waals surface area contributed by atoms with Gasteiger partial charge in [0.15, 0.2) is 0 Å². The highest BCUT2D eigenvalue weighted by Gasteiger charge is 2.23. The van der Waals surface area contributed by atoms with Crippen LogP contribution in [0.1, 0.15) is 24.4 Å². The molecule has 2 heterocycles. The number of fused-ring (bicyclic) bond motifs is 1. The lowest BCUT2D eigenvalue weighted by Gasteiger charge is -2.32. The van der Waals surface area contributed by atoms with E-state index in [4.69, 9.17) is 4.98 Å². The van der Waals surface area contributed by atoms with E-state index in [0.717, 1.165) is 43.0 Å². The summed E-state index contributed by atoms with van der Waals surface area (Å²) in [5.41, 5.74) is 3.37. The molecule has 0 saturated carbocycles. The van der Waals surface area contributed by atoms with Gasteiger partial charge in [-0.3, -0.25) is 4.90 Å². The summed E-state index contributed by atoms with van der Waals surface area (Å²) >= 11 is 0. The number of imidazole rings is 1. The molecule has 0 aliphatic carbocycles. The smallest absolute Gasteiger partial charge is 0.127 e. The fourth-order valence-corrected chi connectivity index (χ4v) is 3.15. The SMILES string of the molecule is Cc1ccc2c(c1)nc(C(C)N1CCNCC1)n2CCO. The molecule has 3 rings (SSSR count). The first kappa shape index (κ1) is 14.5. The van der Waals surface area contributed by atoms with Crippen LogP contribution in [0, 0.1) is 6.92 Å². The minimum absolute atomic E-state index is 0.139.